The first-order chi connectivity index (χ1) is 14.4. The van der Waals surface area contributed by atoms with Crippen molar-refractivity contribution < 1.29 is 14.3 Å². The van der Waals surface area contributed by atoms with Crippen LogP contribution in [0.1, 0.15) is 27.2 Å². The summed E-state index contributed by atoms with van der Waals surface area (Å²) in [6.07, 6.45) is 1.69. The van der Waals surface area contributed by atoms with E-state index >= 15 is 0 Å². The van der Waals surface area contributed by atoms with Crippen LogP contribution in [0.5, 0.6) is 0 Å². The first kappa shape index (κ1) is 18.3. The van der Waals surface area contributed by atoms with E-state index in [0.717, 1.165) is 22.2 Å². The number of carboxylic acid groups (broad SMARTS) is 1. The van der Waals surface area contributed by atoms with Crippen molar-refractivity contribution in [3.8, 4) is 11.3 Å². The van der Waals surface area contributed by atoms with Crippen molar-refractivity contribution in [3.05, 3.63) is 85.9 Å². The second kappa shape index (κ2) is 6.67. The molecule has 0 amide bonds. The van der Waals surface area contributed by atoms with Crippen LogP contribution in [0.3, 0.4) is 0 Å². The lowest BCUT2D eigenvalue weighted by Crippen LogP contribution is -2.22. The summed E-state index contributed by atoms with van der Waals surface area (Å²) >= 11 is 1.31. The molecule has 1 N–H and O–H groups in total. The van der Waals surface area contributed by atoms with Gasteiger partial charge in [0, 0.05) is 11.6 Å². The van der Waals surface area contributed by atoms with Gasteiger partial charge in [0.15, 0.2) is 4.96 Å². The number of aryl methyl sites for hydroxylation is 2. The lowest BCUT2D eigenvalue weighted by molar-refractivity contribution is 0.0697. The number of imidazole rings is 1. The van der Waals surface area contributed by atoms with Crippen molar-refractivity contribution in [3.63, 3.8) is 0 Å². The quantitative estimate of drug-likeness (QED) is 0.480. The normalized spacial score (nSPS) is 12.3. The molecule has 0 bridgehead atoms. The molecule has 0 aliphatic heterocycles. The minimum absolute atomic E-state index is 0.133. The summed E-state index contributed by atoms with van der Waals surface area (Å²) in [5, 5.41) is 9.16. The third-order valence-corrected chi connectivity index (χ3v) is 6.12. The Morgan fingerprint density at radius 2 is 1.93 bits per heavy atom. The number of furan rings is 1. The topological polar surface area (TPSA) is 84.8 Å². The average molecular weight is 416 g/mol. The Morgan fingerprint density at radius 3 is 2.73 bits per heavy atom. The molecule has 0 atom stereocenters. The zero-order valence-corrected chi connectivity index (χ0v) is 17.0. The molecule has 3 heterocycles. The molecule has 0 unspecified atom stereocenters. The fourth-order valence-corrected chi connectivity index (χ4v) is 4.41. The number of aromatic nitrogens is 2. The van der Waals surface area contributed by atoms with Crippen molar-refractivity contribution in [2.75, 3.05) is 0 Å². The van der Waals surface area contributed by atoms with Crippen LogP contribution in [0.25, 0.3) is 33.4 Å². The number of carboxylic acids is 1. The Bertz CT molecular complexity index is 1570. The van der Waals surface area contributed by atoms with E-state index in [1.165, 1.54) is 17.4 Å². The van der Waals surface area contributed by atoms with E-state index in [0.29, 0.717) is 26.6 Å². The Labute approximate surface area is 174 Å². The number of hydrogen-bond acceptors (Lipinski definition) is 5. The van der Waals surface area contributed by atoms with E-state index in [2.05, 4.69) is 4.98 Å². The van der Waals surface area contributed by atoms with Gasteiger partial charge in [-0.15, -0.1) is 0 Å². The number of aromatic carboxylic acids is 1. The monoisotopic (exact) mass is 416 g/mol. The number of thiazole rings is 1. The number of hydrogen-bond donors (Lipinski definition) is 1. The second-order valence-electron chi connectivity index (χ2n) is 7.16. The van der Waals surface area contributed by atoms with Crippen LogP contribution < -0.4 is 10.1 Å². The molecule has 6 nitrogen and oxygen atoms in total. The van der Waals surface area contributed by atoms with E-state index in [-0.39, 0.29) is 11.1 Å². The van der Waals surface area contributed by atoms with Gasteiger partial charge in [-0.2, -0.15) is 0 Å². The molecule has 0 spiro atoms. The zero-order chi connectivity index (χ0) is 21.0. The highest BCUT2D eigenvalue weighted by atomic mass is 32.1. The van der Waals surface area contributed by atoms with Crippen LogP contribution in [0.15, 0.2) is 57.7 Å². The summed E-state index contributed by atoms with van der Waals surface area (Å²) in [7, 11) is 0. The predicted octanol–water partition coefficient (Wildman–Crippen LogP) is 4.03. The third-order valence-electron chi connectivity index (χ3n) is 5.15. The van der Waals surface area contributed by atoms with Crippen molar-refractivity contribution >= 4 is 39.4 Å². The van der Waals surface area contributed by atoms with Crippen LogP contribution in [-0.2, 0) is 0 Å². The Morgan fingerprint density at radius 1 is 1.13 bits per heavy atom. The first-order valence-electron chi connectivity index (χ1n) is 9.28. The maximum Gasteiger partial charge on any atom is 0.335 e. The number of carbonyl (C=O) groups is 1. The smallest absolute Gasteiger partial charge is 0.335 e. The molecule has 3 aromatic heterocycles. The van der Waals surface area contributed by atoms with Gasteiger partial charge in [-0.1, -0.05) is 23.5 Å². The van der Waals surface area contributed by atoms with Gasteiger partial charge >= 0.3 is 5.97 Å². The lowest BCUT2D eigenvalue weighted by atomic mass is 10.1. The largest absolute Gasteiger partial charge is 0.478 e. The standard InChI is InChI=1S/C23H16N2O4S/c1-12-8-17-18(9-13(12)2)25-21(26)20(30-23(25)24-17)11-16-6-7-19(29-16)14-4-3-5-15(10-14)22(27)28/h3-11H,1-2H3,(H,27,28)/b20-11-. The molecular weight excluding hydrogens is 400 g/mol. The molecule has 148 valence electrons. The van der Waals surface area contributed by atoms with E-state index in [1.54, 1.807) is 40.8 Å². The highest BCUT2D eigenvalue weighted by Crippen LogP contribution is 2.24. The Hall–Kier alpha value is -3.71. The minimum Gasteiger partial charge on any atom is -0.478 e. The molecule has 7 heteroatoms. The zero-order valence-electron chi connectivity index (χ0n) is 16.2. The molecule has 2 aromatic carbocycles. The van der Waals surface area contributed by atoms with Gasteiger partial charge in [-0.05, 0) is 61.4 Å². The SMILES string of the molecule is Cc1cc2nc3s/c(=C\c4ccc(-c5cccc(C(=O)O)c5)o4)c(=O)n3c2cc1C. The molecule has 0 saturated carbocycles. The average Bonchev–Trinajstić information content (AvgIpc) is 3.39. The third kappa shape index (κ3) is 2.91. The van der Waals surface area contributed by atoms with Gasteiger partial charge in [0.2, 0.25) is 0 Å². The fourth-order valence-electron chi connectivity index (χ4n) is 3.44. The summed E-state index contributed by atoms with van der Waals surface area (Å²) in [4.78, 5) is 29.4. The van der Waals surface area contributed by atoms with Gasteiger partial charge in [-0.3, -0.25) is 4.79 Å². The molecule has 5 aromatic rings. The highest BCUT2D eigenvalue weighted by Gasteiger charge is 2.13. The maximum absolute atomic E-state index is 13.0. The fraction of sp³-hybridized carbons (Fsp3) is 0.0870. The van der Waals surface area contributed by atoms with Gasteiger partial charge in [0.1, 0.15) is 16.1 Å². The molecule has 0 fully saturated rings. The van der Waals surface area contributed by atoms with E-state index in [9.17, 15) is 9.59 Å². The predicted molar refractivity (Wildman–Crippen MR) is 116 cm³/mol. The van der Waals surface area contributed by atoms with E-state index < -0.39 is 5.97 Å². The molecule has 0 aliphatic rings. The maximum atomic E-state index is 13.0. The first-order valence-corrected chi connectivity index (χ1v) is 10.1. The molecule has 30 heavy (non-hydrogen) atoms. The summed E-state index contributed by atoms with van der Waals surface area (Å²) < 4.78 is 8.01. The highest BCUT2D eigenvalue weighted by molar-refractivity contribution is 7.15. The van der Waals surface area contributed by atoms with E-state index in [4.69, 9.17) is 9.52 Å². The van der Waals surface area contributed by atoms with Crippen molar-refractivity contribution in [1.29, 1.82) is 0 Å². The molecular formula is C23H16N2O4S. The van der Waals surface area contributed by atoms with Gasteiger partial charge in [0.25, 0.3) is 5.56 Å². The van der Waals surface area contributed by atoms with Gasteiger partial charge in [-0.25, -0.2) is 14.2 Å². The molecule has 0 saturated heterocycles. The molecule has 0 radical (unpaired) electrons. The Balaban J connectivity index is 1.60. The number of nitrogens with zero attached hydrogens (tertiary/aromatic N) is 2. The summed E-state index contributed by atoms with van der Waals surface area (Å²) in [5.74, 6) is 0.0594. The number of fused-ring (bicyclic) bond motifs is 3. The lowest BCUT2D eigenvalue weighted by Gasteiger charge is -1.99. The number of rotatable bonds is 3. The van der Waals surface area contributed by atoms with Crippen molar-refractivity contribution in [1.82, 2.24) is 9.38 Å². The van der Waals surface area contributed by atoms with Crippen LogP contribution >= 0.6 is 11.3 Å². The van der Waals surface area contributed by atoms with Gasteiger partial charge < -0.3 is 9.52 Å². The molecule has 0 aliphatic carbocycles. The van der Waals surface area contributed by atoms with E-state index in [1.807, 2.05) is 26.0 Å². The van der Waals surface area contributed by atoms with Crippen LogP contribution in [0.2, 0.25) is 0 Å². The second-order valence-corrected chi connectivity index (χ2v) is 8.17. The summed E-state index contributed by atoms with van der Waals surface area (Å²) in [5.41, 5.74) is 4.59. The number of benzene rings is 2. The van der Waals surface area contributed by atoms with Crippen LogP contribution in [-0.4, -0.2) is 20.5 Å². The minimum atomic E-state index is -0.995. The van der Waals surface area contributed by atoms with Crippen molar-refractivity contribution in [2.45, 2.75) is 13.8 Å². The van der Waals surface area contributed by atoms with Gasteiger partial charge in [0.05, 0.1) is 16.6 Å². The van der Waals surface area contributed by atoms with Crippen molar-refractivity contribution in [2.24, 2.45) is 0 Å². The van der Waals surface area contributed by atoms with Crippen LogP contribution in [0.4, 0.5) is 0 Å². The Kier molecular flexibility index (Phi) is 4.08. The summed E-state index contributed by atoms with van der Waals surface area (Å²) in [6.45, 7) is 4.04. The van der Waals surface area contributed by atoms with Crippen LogP contribution in [0, 0.1) is 13.8 Å². The molecule has 5 rings (SSSR count). The summed E-state index contributed by atoms with van der Waals surface area (Å²) in [6, 6.07) is 14.0.